The Labute approximate surface area is 161 Å². The summed E-state index contributed by atoms with van der Waals surface area (Å²) in [5.41, 5.74) is 5.83. The number of methoxy groups -OCH3 is 2. The van der Waals surface area contributed by atoms with Crippen LogP contribution in [0.15, 0.2) is 23.2 Å². The highest BCUT2D eigenvalue weighted by atomic mass is 127. The van der Waals surface area contributed by atoms with Gasteiger partial charge in [-0.3, -0.25) is 4.99 Å². The van der Waals surface area contributed by atoms with Gasteiger partial charge in [0.2, 0.25) is 0 Å². The molecule has 6 nitrogen and oxygen atoms in total. The summed E-state index contributed by atoms with van der Waals surface area (Å²) in [6.07, 6.45) is 4.74. The van der Waals surface area contributed by atoms with Crippen molar-refractivity contribution in [1.29, 1.82) is 0 Å². The number of aliphatic imine (C=N–C) groups is 1. The van der Waals surface area contributed by atoms with Crippen LogP contribution in [0.3, 0.4) is 0 Å². The lowest BCUT2D eigenvalue weighted by molar-refractivity contribution is 0.305. The van der Waals surface area contributed by atoms with Gasteiger partial charge in [0.15, 0.2) is 5.96 Å². The average molecular weight is 449 g/mol. The monoisotopic (exact) mass is 449 g/mol. The van der Waals surface area contributed by atoms with E-state index in [-0.39, 0.29) is 24.0 Å². The van der Waals surface area contributed by atoms with Crippen LogP contribution in [-0.4, -0.2) is 39.9 Å². The molecule has 0 heterocycles. The van der Waals surface area contributed by atoms with Gasteiger partial charge >= 0.3 is 0 Å². The Bertz CT molecular complexity index is 500. The van der Waals surface area contributed by atoms with Gasteiger partial charge in [-0.05, 0) is 25.2 Å². The maximum atomic E-state index is 5.83. The lowest BCUT2D eigenvalue weighted by Crippen LogP contribution is -2.34. The van der Waals surface area contributed by atoms with Gasteiger partial charge in [-0.25, -0.2) is 0 Å². The van der Waals surface area contributed by atoms with Crippen LogP contribution in [0.2, 0.25) is 0 Å². The third-order valence-electron chi connectivity index (χ3n) is 3.97. The van der Waals surface area contributed by atoms with E-state index in [1.807, 2.05) is 18.2 Å². The van der Waals surface area contributed by atoms with Crippen molar-refractivity contribution in [3.05, 3.63) is 18.2 Å². The predicted molar refractivity (Wildman–Crippen MR) is 107 cm³/mol. The van der Waals surface area contributed by atoms with E-state index in [0.717, 1.165) is 31.2 Å². The molecule has 24 heavy (non-hydrogen) atoms. The van der Waals surface area contributed by atoms with E-state index in [4.69, 9.17) is 19.9 Å². The zero-order valence-corrected chi connectivity index (χ0v) is 16.7. The smallest absolute Gasteiger partial charge is 0.188 e. The standard InChI is InChI=1S/C17H27N3O3.HI/c1-21-14-9-15(22-2)11-16(10-14)23-8-4-7-19-17(18)20-12-13-5-3-6-13;/h9-11,13H,3-8,12H2,1-2H3,(H3,18,19,20);1H. The summed E-state index contributed by atoms with van der Waals surface area (Å²) >= 11 is 0. The number of ether oxygens (including phenoxy) is 3. The Balaban J connectivity index is 0.00000288. The van der Waals surface area contributed by atoms with Crippen molar-refractivity contribution in [1.82, 2.24) is 5.32 Å². The molecule has 136 valence electrons. The summed E-state index contributed by atoms with van der Waals surface area (Å²) in [6.45, 7) is 2.17. The fraction of sp³-hybridized carbons (Fsp3) is 0.588. The second kappa shape index (κ2) is 11.2. The van der Waals surface area contributed by atoms with Crippen molar-refractivity contribution >= 4 is 29.9 Å². The molecule has 2 rings (SSSR count). The van der Waals surface area contributed by atoms with Crippen LogP contribution in [0.25, 0.3) is 0 Å². The molecule has 1 aromatic rings. The van der Waals surface area contributed by atoms with Gasteiger partial charge in [0.25, 0.3) is 0 Å². The molecule has 0 aliphatic heterocycles. The first-order valence-electron chi connectivity index (χ1n) is 8.11. The predicted octanol–water partition coefficient (Wildman–Crippen LogP) is 2.80. The Kier molecular flexibility index (Phi) is 9.66. The first-order valence-corrected chi connectivity index (χ1v) is 8.11. The van der Waals surface area contributed by atoms with E-state index in [9.17, 15) is 0 Å². The van der Waals surface area contributed by atoms with Crippen LogP contribution in [0.4, 0.5) is 0 Å². The van der Waals surface area contributed by atoms with Gasteiger partial charge in [0.1, 0.15) is 17.2 Å². The zero-order valence-electron chi connectivity index (χ0n) is 14.4. The number of nitrogens with zero attached hydrogens (tertiary/aromatic N) is 1. The fourth-order valence-corrected chi connectivity index (χ4v) is 2.30. The molecule has 3 N–H and O–H groups in total. The Morgan fingerprint density at radius 2 is 1.79 bits per heavy atom. The number of nitrogens with one attached hydrogen (secondary N) is 1. The minimum Gasteiger partial charge on any atom is -0.496 e. The van der Waals surface area contributed by atoms with Gasteiger partial charge in [-0.1, -0.05) is 6.42 Å². The summed E-state index contributed by atoms with van der Waals surface area (Å²) in [6, 6.07) is 5.49. The molecule has 0 aromatic heterocycles. The molecule has 1 fully saturated rings. The lowest BCUT2D eigenvalue weighted by atomic mass is 9.86. The van der Waals surface area contributed by atoms with Crippen LogP contribution in [-0.2, 0) is 0 Å². The first kappa shape index (κ1) is 20.7. The van der Waals surface area contributed by atoms with Gasteiger partial charge in [0, 0.05) is 31.3 Å². The number of nitrogens with two attached hydrogens (primary N) is 1. The Morgan fingerprint density at radius 3 is 2.33 bits per heavy atom. The van der Waals surface area contributed by atoms with Gasteiger partial charge in [-0.2, -0.15) is 0 Å². The summed E-state index contributed by atoms with van der Waals surface area (Å²) in [5, 5.41) is 3.12. The SMILES string of the molecule is COc1cc(OC)cc(OCCCNC(N)=NCC2CCC2)c1.I. The molecule has 0 atom stereocenters. The van der Waals surface area contributed by atoms with Gasteiger partial charge in [-0.15, -0.1) is 24.0 Å². The molecule has 1 saturated carbocycles. The first-order chi connectivity index (χ1) is 11.2. The van der Waals surface area contributed by atoms with Crippen molar-refractivity contribution < 1.29 is 14.2 Å². The van der Waals surface area contributed by atoms with Crippen molar-refractivity contribution in [3.8, 4) is 17.2 Å². The van der Waals surface area contributed by atoms with E-state index < -0.39 is 0 Å². The van der Waals surface area contributed by atoms with Crippen LogP contribution in [0.1, 0.15) is 25.7 Å². The molecule has 1 aliphatic carbocycles. The topological polar surface area (TPSA) is 78.1 Å². The normalized spacial score (nSPS) is 14.3. The fourth-order valence-electron chi connectivity index (χ4n) is 2.30. The molecule has 1 aliphatic rings. The zero-order chi connectivity index (χ0) is 16.5. The molecule has 0 spiro atoms. The third-order valence-corrected chi connectivity index (χ3v) is 3.97. The number of hydrogen-bond donors (Lipinski definition) is 2. The lowest BCUT2D eigenvalue weighted by Gasteiger charge is -2.23. The minimum atomic E-state index is 0. The molecule has 0 amide bonds. The maximum absolute atomic E-state index is 5.83. The second-order valence-corrected chi connectivity index (χ2v) is 5.70. The Hall–Kier alpha value is -1.38. The van der Waals surface area contributed by atoms with Crippen molar-refractivity contribution in [2.24, 2.45) is 16.6 Å². The summed E-state index contributed by atoms with van der Waals surface area (Å²) in [4.78, 5) is 4.36. The quantitative estimate of drug-likeness (QED) is 0.263. The van der Waals surface area contributed by atoms with Crippen LogP contribution >= 0.6 is 24.0 Å². The second-order valence-electron chi connectivity index (χ2n) is 5.70. The Morgan fingerprint density at radius 1 is 1.17 bits per heavy atom. The number of guanidine groups is 1. The number of hydrogen-bond acceptors (Lipinski definition) is 4. The summed E-state index contributed by atoms with van der Waals surface area (Å²) in [7, 11) is 3.24. The number of benzene rings is 1. The average Bonchev–Trinajstić information content (AvgIpc) is 2.52. The van der Waals surface area contributed by atoms with Crippen molar-refractivity contribution in [2.75, 3.05) is 33.9 Å². The number of halogens is 1. The van der Waals surface area contributed by atoms with E-state index in [1.165, 1.54) is 19.3 Å². The molecule has 0 saturated heterocycles. The maximum Gasteiger partial charge on any atom is 0.188 e. The van der Waals surface area contributed by atoms with Crippen LogP contribution in [0.5, 0.6) is 17.2 Å². The highest BCUT2D eigenvalue weighted by Crippen LogP contribution is 2.27. The summed E-state index contributed by atoms with van der Waals surface area (Å²) < 4.78 is 16.1. The minimum absolute atomic E-state index is 0. The van der Waals surface area contributed by atoms with Crippen LogP contribution in [0, 0.1) is 5.92 Å². The molecular formula is C17H28IN3O3. The summed E-state index contributed by atoms with van der Waals surface area (Å²) in [5.74, 6) is 3.42. The number of rotatable bonds is 9. The molecule has 1 aromatic carbocycles. The molecule has 7 heteroatoms. The molecule has 0 radical (unpaired) electrons. The van der Waals surface area contributed by atoms with Crippen molar-refractivity contribution in [2.45, 2.75) is 25.7 Å². The molecule has 0 bridgehead atoms. The highest BCUT2D eigenvalue weighted by molar-refractivity contribution is 14.0. The highest BCUT2D eigenvalue weighted by Gasteiger charge is 2.16. The molecular weight excluding hydrogens is 421 g/mol. The van der Waals surface area contributed by atoms with E-state index >= 15 is 0 Å². The molecule has 0 unspecified atom stereocenters. The van der Waals surface area contributed by atoms with Gasteiger partial charge in [0.05, 0.1) is 20.8 Å². The largest absolute Gasteiger partial charge is 0.496 e. The van der Waals surface area contributed by atoms with E-state index in [0.29, 0.717) is 24.1 Å². The van der Waals surface area contributed by atoms with E-state index in [1.54, 1.807) is 14.2 Å². The van der Waals surface area contributed by atoms with Crippen molar-refractivity contribution in [3.63, 3.8) is 0 Å². The van der Waals surface area contributed by atoms with E-state index in [2.05, 4.69) is 10.3 Å². The van der Waals surface area contributed by atoms with Gasteiger partial charge < -0.3 is 25.3 Å². The van der Waals surface area contributed by atoms with Crippen LogP contribution < -0.4 is 25.3 Å². The third kappa shape index (κ3) is 7.02.